The normalized spacial score (nSPS) is 21.0. The topological polar surface area (TPSA) is 15.8 Å². The molecule has 0 spiro atoms. The van der Waals surface area contributed by atoms with Crippen LogP contribution in [0.25, 0.3) is 10.9 Å². The molecule has 0 aliphatic heterocycles. The molecule has 0 amide bonds. The summed E-state index contributed by atoms with van der Waals surface area (Å²) < 4.78 is 2.76. The molecule has 0 saturated heterocycles. The minimum absolute atomic E-state index is 0. The minimum atomic E-state index is -4.74. The molecule has 4 heteroatoms. The van der Waals surface area contributed by atoms with Gasteiger partial charge in [-0.25, -0.2) is 0 Å². The Hall–Kier alpha value is -0.596. The molecule has 23 heavy (non-hydrogen) atoms. The van der Waals surface area contributed by atoms with Crippen molar-refractivity contribution in [3.8, 4) is 0 Å². The maximum atomic E-state index is 5.07. The van der Waals surface area contributed by atoms with Crippen LogP contribution in [-0.2, 0) is 11.0 Å². The summed E-state index contributed by atoms with van der Waals surface area (Å²) in [5.74, 6) is 0. The second-order valence-electron chi connectivity index (χ2n) is 13.3. The number of hydrogen-bond donors (Lipinski definition) is 1. The Morgan fingerprint density at radius 2 is 1.61 bits per heavy atom. The van der Waals surface area contributed by atoms with Gasteiger partial charge in [0, 0.05) is 0 Å². The average Bonchev–Trinajstić information content (AvgIpc) is 2.97. The zero-order valence-electron chi connectivity index (χ0n) is 14.8. The Bertz CT molecular complexity index is 959. The molecule has 0 fully saturated rings. The molecule has 0 saturated carbocycles. The number of nitrogens with one attached hydrogen (secondary N) is 1. The molecule has 0 atom stereocenters. The number of fused-ring (bicyclic) bond motifs is 1. The molecule has 1 N–H and O–H groups in total. The first-order chi connectivity index (χ1) is 9.13. The van der Waals surface area contributed by atoms with Crippen molar-refractivity contribution in [2.75, 3.05) is 0 Å². The molecule has 1 aliphatic rings. The van der Waals surface area contributed by atoms with Gasteiger partial charge in [0.15, 0.2) is 0 Å². The number of benzene rings is 1. The molecule has 2 aromatic rings. The van der Waals surface area contributed by atoms with Gasteiger partial charge in [0.25, 0.3) is 0 Å². The van der Waals surface area contributed by atoms with Crippen LogP contribution in [0.5, 0.6) is 0 Å². The van der Waals surface area contributed by atoms with Crippen molar-refractivity contribution >= 4 is 44.5 Å². The van der Waals surface area contributed by atoms with Gasteiger partial charge in [0.2, 0.25) is 0 Å². The molecule has 3 rings (SSSR count). The van der Waals surface area contributed by atoms with E-state index in [4.69, 9.17) is 4.82 Å². The van der Waals surface area contributed by atoms with E-state index in [-0.39, 0.29) is 24.8 Å². The first-order valence-corrected chi connectivity index (χ1v) is 18.4. The molecular formula is C19H30Cl2NTi. The third-order valence-corrected chi connectivity index (χ3v) is 18.4. The molecule has 1 aromatic heterocycles. The SMILES string of the molecule is Cl.Cl.[CH2]=[Ti]([CH3])([CH3])([CH3])([CH3])([CH3])([C]1=CC=CC1)[c]1cc2ccccc2[nH]1. The Morgan fingerprint density at radius 1 is 1.00 bits per heavy atom. The average molecular weight is 391 g/mol. The van der Waals surface area contributed by atoms with E-state index >= 15 is 0 Å². The first-order valence-electron chi connectivity index (χ1n) is 7.98. The van der Waals surface area contributed by atoms with Crippen LogP contribution < -0.4 is 4.00 Å². The van der Waals surface area contributed by atoms with Gasteiger partial charge in [-0.3, -0.25) is 0 Å². The van der Waals surface area contributed by atoms with Gasteiger partial charge in [-0.15, -0.1) is 24.8 Å². The molecule has 1 nitrogen and oxygen atoms in total. The Morgan fingerprint density at radius 3 is 2.13 bits per heavy atom. The summed E-state index contributed by atoms with van der Waals surface area (Å²) in [6.07, 6.45) is 7.71. The number of allylic oxidation sites excluding steroid dienone is 4. The molecule has 0 unspecified atom stereocenters. The molecule has 1 aromatic carbocycles. The predicted molar refractivity (Wildman–Crippen MR) is 111 cm³/mol. The van der Waals surface area contributed by atoms with E-state index in [1.165, 1.54) is 18.8 Å². The number of hydrogen-bond acceptors (Lipinski definition) is 0. The summed E-state index contributed by atoms with van der Waals surface area (Å²) >= 11 is 0. The summed E-state index contributed by atoms with van der Waals surface area (Å²) in [5.41, 5.74) is 1.19. The van der Waals surface area contributed by atoms with Gasteiger partial charge in [0.05, 0.1) is 0 Å². The maximum absolute atomic E-state index is 5.07. The van der Waals surface area contributed by atoms with E-state index in [0.29, 0.717) is 0 Å². The van der Waals surface area contributed by atoms with Crippen molar-refractivity contribution in [1.82, 2.24) is 4.98 Å². The van der Waals surface area contributed by atoms with E-state index in [1.807, 2.05) is 0 Å². The fourth-order valence-corrected chi connectivity index (χ4v) is 11.2. The summed E-state index contributed by atoms with van der Waals surface area (Å²) in [6.45, 7) is 0. The number of H-pyrrole nitrogens is 1. The van der Waals surface area contributed by atoms with Crippen molar-refractivity contribution in [2.45, 2.75) is 32.6 Å². The third-order valence-electron chi connectivity index (χ3n) is 5.97. The summed E-state index contributed by atoms with van der Waals surface area (Å²) in [5, 5.41) is 13.4. The number of para-hydroxylation sites is 1. The van der Waals surface area contributed by atoms with Crippen molar-refractivity contribution in [3.05, 3.63) is 52.4 Å². The quantitative estimate of drug-likeness (QED) is 0.567. The Balaban J connectivity index is 0.00000132. The monoisotopic (exact) mass is 390 g/mol. The number of aromatic nitrogens is 1. The van der Waals surface area contributed by atoms with E-state index in [2.05, 4.69) is 79.7 Å². The van der Waals surface area contributed by atoms with E-state index in [0.717, 1.165) is 6.42 Å². The Kier molecular flexibility index (Phi) is 3.25. The summed E-state index contributed by atoms with van der Waals surface area (Å²) in [6, 6.07) is 10.8. The van der Waals surface area contributed by atoms with Crippen molar-refractivity contribution in [2.24, 2.45) is 0 Å². The second-order valence-corrected chi connectivity index (χ2v) is 45.6. The standard InChI is InChI=1S/C8H6N.C5H5.5CH3.CH2.2ClH.Ti/c1-2-4-8-7(3-1)5-6-9-8;1-2-4-5-3-1;;;;;;;;;/h1-5,9H;1-3H,4H2;5*1H3;1H2;2*1H;. The van der Waals surface area contributed by atoms with Crippen LogP contribution in [0.15, 0.2) is 52.4 Å². The van der Waals surface area contributed by atoms with Crippen LogP contribution >= 0.6 is 24.8 Å². The Labute approximate surface area is 145 Å². The molecule has 1 heterocycles. The number of rotatable bonds is 2. The number of halogens is 2. The van der Waals surface area contributed by atoms with E-state index in [9.17, 15) is 0 Å². The first kappa shape index (κ1) is 20.4. The van der Waals surface area contributed by atoms with Crippen LogP contribution in [-0.4, -0.2) is 9.80 Å². The van der Waals surface area contributed by atoms with Gasteiger partial charge in [-0.2, -0.15) is 0 Å². The fourth-order valence-electron chi connectivity index (χ4n) is 3.68. The van der Waals surface area contributed by atoms with E-state index < -0.39 is 11.0 Å². The van der Waals surface area contributed by atoms with Gasteiger partial charge >= 0.3 is 121 Å². The second kappa shape index (κ2) is 3.65. The molecule has 1 aliphatic carbocycles. The predicted octanol–water partition coefficient (Wildman–Crippen LogP) is 6.45. The molecule has 0 radical (unpaired) electrons. The zero-order chi connectivity index (χ0) is 15.7. The summed E-state index contributed by atoms with van der Waals surface area (Å²) in [4.78, 5) is 8.79. The summed E-state index contributed by atoms with van der Waals surface area (Å²) in [7, 11) is -4.74. The molecule has 0 bridgehead atoms. The zero-order valence-corrected chi connectivity index (χ0v) is 18.0. The van der Waals surface area contributed by atoms with Crippen LogP contribution in [0.4, 0.5) is 0 Å². The number of aromatic amines is 1. The van der Waals surface area contributed by atoms with Crippen molar-refractivity contribution in [1.29, 1.82) is 0 Å². The molecule has 129 valence electrons. The molecular weight excluding hydrogens is 361 g/mol. The fraction of sp³-hybridized carbons (Fsp3) is 0.316. The van der Waals surface area contributed by atoms with Gasteiger partial charge in [0.1, 0.15) is 0 Å². The van der Waals surface area contributed by atoms with Crippen molar-refractivity contribution in [3.63, 3.8) is 0 Å². The van der Waals surface area contributed by atoms with Crippen LogP contribution in [0.1, 0.15) is 6.42 Å². The van der Waals surface area contributed by atoms with Crippen molar-refractivity contribution < 1.29 is 11.0 Å². The van der Waals surface area contributed by atoms with E-state index in [1.54, 1.807) is 0 Å². The van der Waals surface area contributed by atoms with Crippen LogP contribution in [0.2, 0.25) is 26.1 Å². The third kappa shape index (κ3) is 2.83. The van der Waals surface area contributed by atoms with Crippen LogP contribution in [0, 0.1) is 0 Å². The van der Waals surface area contributed by atoms with Gasteiger partial charge < -0.3 is 0 Å². The van der Waals surface area contributed by atoms with Crippen LogP contribution in [0.3, 0.4) is 0 Å². The van der Waals surface area contributed by atoms with Gasteiger partial charge in [-0.05, 0) is 0 Å². The van der Waals surface area contributed by atoms with Gasteiger partial charge in [-0.1, -0.05) is 0 Å².